The fourth-order valence-corrected chi connectivity index (χ4v) is 9.00. The number of hydrogen-bond acceptors (Lipinski definition) is 10. The van der Waals surface area contributed by atoms with E-state index >= 15 is 0 Å². The zero-order chi connectivity index (χ0) is 37.5. The van der Waals surface area contributed by atoms with Gasteiger partial charge in [0.1, 0.15) is 23.7 Å². The van der Waals surface area contributed by atoms with Crippen LogP contribution in [-0.4, -0.2) is 87.6 Å². The lowest BCUT2D eigenvalue weighted by Gasteiger charge is -2.30. The monoisotopic (exact) mass is 751 g/mol. The molecule has 2 aliphatic carbocycles. The first-order valence-corrected chi connectivity index (χ1v) is 20.0. The molecular weight excluding hydrogens is 711 g/mol. The van der Waals surface area contributed by atoms with E-state index in [0.717, 1.165) is 34.5 Å². The van der Waals surface area contributed by atoms with E-state index in [1.807, 2.05) is 60.7 Å². The summed E-state index contributed by atoms with van der Waals surface area (Å²) in [6.45, 7) is 0.00151. The second kappa shape index (κ2) is 14.4. The minimum absolute atomic E-state index is 0.00151. The van der Waals surface area contributed by atoms with E-state index in [-0.39, 0.29) is 24.9 Å². The van der Waals surface area contributed by atoms with Crippen LogP contribution in [0.4, 0.5) is 0 Å². The lowest BCUT2D eigenvalue weighted by atomic mass is 10.0. The summed E-state index contributed by atoms with van der Waals surface area (Å²) in [5.74, 6) is -2.44. The first kappa shape index (κ1) is 35.6. The molecule has 0 bridgehead atoms. The van der Waals surface area contributed by atoms with Crippen LogP contribution in [0.1, 0.15) is 68.1 Å². The van der Waals surface area contributed by atoms with E-state index in [0.29, 0.717) is 38.0 Å². The van der Waals surface area contributed by atoms with E-state index in [1.54, 1.807) is 0 Å². The van der Waals surface area contributed by atoms with Crippen molar-refractivity contribution < 1.29 is 32.3 Å². The first-order chi connectivity index (χ1) is 26.1. The second-order valence-corrected chi connectivity index (χ2v) is 16.6. The summed E-state index contributed by atoms with van der Waals surface area (Å²) in [6, 6.07) is 14.9. The van der Waals surface area contributed by atoms with Crippen LogP contribution in [0.15, 0.2) is 79.1 Å². The highest BCUT2D eigenvalue weighted by Gasteiger charge is 2.62. The normalized spacial score (nSPS) is 26.8. The van der Waals surface area contributed by atoms with Crippen LogP contribution in [0.2, 0.25) is 0 Å². The predicted octanol–water partition coefficient (Wildman–Crippen LogP) is 3.33. The van der Waals surface area contributed by atoms with Crippen LogP contribution in [0, 0.1) is 5.92 Å². The highest BCUT2D eigenvalue weighted by atomic mass is 32.2. The molecule has 15 heteroatoms. The molecular formula is C39H41N7O7S. The molecule has 280 valence electrons. The number of amides is 4. The van der Waals surface area contributed by atoms with E-state index < -0.39 is 68.5 Å². The van der Waals surface area contributed by atoms with Crippen molar-refractivity contribution in [2.24, 2.45) is 5.92 Å². The third-order valence-electron chi connectivity index (χ3n) is 10.8. The van der Waals surface area contributed by atoms with E-state index in [4.69, 9.17) is 9.72 Å². The molecule has 0 radical (unpaired) electrons. The Morgan fingerprint density at radius 3 is 2.48 bits per heavy atom. The predicted molar refractivity (Wildman–Crippen MR) is 198 cm³/mol. The van der Waals surface area contributed by atoms with Crippen molar-refractivity contribution in [3.63, 3.8) is 0 Å². The Labute approximate surface area is 312 Å². The number of allylic oxidation sites excluding steroid dienone is 1. The second-order valence-electron chi connectivity index (χ2n) is 14.6. The van der Waals surface area contributed by atoms with Crippen LogP contribution in [-0.2, 0) is 24.4 Å². The maximum Gasteiger partial charge on any atom is 0.259 e. The Bertz CT molecular complexity index is 2270. The third-order valence-corrected chi connectivity index (χ3v) is 12.7. The van der Waals surface area contributed by atoms with E-state index in [2.05, 4.69) is 25.6 Å². The topological polar surface area (TPSA) is 190 Å². The van der Waals surface area contributed by atoms with Crippen molar-refractivity contribution in [1.29, 1.82) is 0 Å². The average Bonchev–Trinajstić information content (AvgIpc) is 4.11. The zero-order valence-electron chi connectivity index (χ0n) is 29.5. The molecule has 3 fully saturated rings. The number of nitrogens with zero attached hydrogens (tertiary/aromatic N) is 4. The fourth-order valence-electron chi connectivity index (χ4n) is 7.63. The van der Waals surface area contributed by atoms with Crippen LogP contribution in [0.5, 0.6) is 5.88 Å². The van der Waals surface area contributed by atoms with Gasteiger partial charge in [0.25, 0.3) is 11.8 Å². The van der Waals surface area contributed by atoms with Crippen molar-refractivity contribution in [2.75, 3.05) is 6.54 Å². The molecule has 4 amide bonds. The highest BCUT2D eigenvalue weighted by molar-refractivity contribution is 7.91. The van der Waals surface area contributed by atoms with Gasteiger partial charge in [0, 0.05) is 23.1 Å². The molecule has 0 unspecified atom stereocenters. The summed E-state index contributed by atoms with van der Waals surface area (Å²) >= 11 is 0. The minimum atomic E-state index is -3.89. The van der Waals surface area contributed by atoms with Crippen molar-refractivity contribution in [2.45, 2.75) is 86.8 Å². The average molecular weight is 752 g/mol. The number of nitrogens with one attached hydrogen (secondary N) is 3. The van der Waals surface area contributed by atoms with Gasteiger partial charge in [-0.3, -0.25) is 23.9 Å². The largest absolute Gasteiger partial charge is 0.472 e. The molecule has 2 aliphatic heterocycles. The molecule has 0 spiro atoms. The molecule has 14 nitrogen and oxygen atoms in total. The van der Waals surface area contributed by atoms with Gasteiger partial charge < -0.3 is 20.3 Å². The molecule has 2 aromatic heterocycles. The van der Waals surface area contributed by atoms with Crippen molar-refractivity contribution >= 4 is 55.3 Å². The Kier molecular flexibility index (Phi) is 9.50. The van der Waals surface area contributed by atoms with Gasteiger partial charge in [-0.15, -0.1) is 0 Å². The number of sulfonamides is 1. The summed E-state index contributed by atoms with van der Waals surface area (Å²) in [5, 5.41) is 15.3. The number of rotatable bonds is 7. The van der Waals surface area contributed by atoms with Gasteiger partial charge in [-0.05, 0) is 62.1 Å². The standard InChI is InChI=1S/C39H41N7O7S/c47-34(24-18-19-40-41-22-24)42-32-15-5-3-1-2-4-10-25-21-39(25,38(50)45-54(51,52)27-16-17-27)44-35(48)33-20-26(23-46(33)37(32)49)53-36-30-13-7-6-11-28(30)29-12-8-9-14-31(29)43-36/h4,6-14,18-19,22,25-27,32-33H,1-3,5,15-17,20-21,23H2,(H,42,47)(H,44,48)(H,45,50)/b10-4-/t25-,26-,32+,33+,39-/m1/s1. The Balaban J connectivity index is 1.12. The molecule has 1 saturated heterocycles. The molecule has 54 heavy (non-hydrogen) atoms. The highest BCUT2D eigenvalue weighted by Crippen LogP contribution is 2.46. The van der Waals surface area contributed by atoms with Gasteiger partial charge in [0.2, 0.25) is 27.7 Å². The quantitative estimate of drug-likeness (QED) is 0.187. The number of benzene rings is 2. The van der Waals surface area contributed by atoms with Gasteiger partial charge in [-0.1, -0.05) is 61.4 Å². The lowest BCUT2D eigenvalue weighted by Crippen LogP contribution is -2.58. The summed E-state index contributed by atoms with van der Waals surface area (Å²) < 4.78 is 34.5. The number of aromatic nitrogens is 3. The third kappa shape index (κ3) is 7.11. The van der Waals surface area contributed by atoms with Gasteiger partial charge in [0.15, 0.2) is 0 Å². The van der Waals surface area contributed by atoms with Gasteiger partial charge in [-0.2, -0.15) is 10.2 Å². The summed E-state index contributed by atoms with van der Waals surface area (Å²) in [4.78, 5) is 62.4. The van der Waals surface area contributed by atoms with Crippen molar-refractivity contribution in [3.8, 4) is 5.88 Å². The maximum absolute atomic E-state index is 14.6. The Morgan fingerprint density at radius 2 is 1.70 bits per heavy atom. The fraction of sp³-hybridized carbons (Fsp3) is 0.410. The number of ether oxygens (including phenoxy) is 1. The number of carbonyl (C=O) groups excluding carboxylic acids is 4. The number of hydrogen-bond donors (Lipinski definition) is 3. The SMILES string of the molecule is O=C(N[C@H]1CCCCC/C=C\[C@@H]2C[C@@]2(C(=O)NS(=O)(=O)C2CC2)NC(=O)[C@@H]2C[C@@H](Oc3nc4ccccc4c4ccccc34)CN2C1=O)c1ccnnc1. The molecule has 4 aromatic rings. The van der Waals surface area contributed by atoms with Crippen LogP contribution >= 0.6 is 0 Å². The Hall–Kier alpha value is -5.44. The summed E-state index contributed by atoms with van der Waals surface area (Å²) in [7, 11) is -3.89. The molecule has 4 heterocycles. The minimum Gasteiger partial charge on any atom is -0.472 e. The van der Waals surface area contributed by atoms with Crippen molar-refractivity contribution in [1.82, 2.24) is 35.4 Å². The zero-order valence-corrected chi connectivity index (χ0v) is 30.3. The molecule has 2 aromatic carbocycles. The lowest BCUT2D eigenvalue weighted by molar-refractivity contribution is -0.141. The first-order valence-electron chi connectivity index (χ1n) is 18.5. The molecule has 4 aliphatic rings. The van der Waals surface area contributed by atoms with Crippen LogP contribution in [0.25, 0.3) is 21.7 Å². The number of fused-ring (bicyclic) bond motifs is 5. The molecule has 8 rings (SSSR count). The number of pyridine rings is 1. The van der Waals surface area contributed by atoms with Crippen molar-refractivity contribution in [3.05, 3.63) is 84.7 Å². The van der Waals surface area contributed by atoms with Gasteiger partial charge in [0.05, 0.1) is 35.3 Å². The smallest absolute Gasteiger partial charge is 0.259 e. The van der Waals surface area contributed by atoms with Gasteiger partial charge >= 0.3 is 0 Å². The molecule has 2 saturated carbocycles. The Morgan fingerprint density at radius 1 is 0.926 bits per heavy atom. The van der Waals surface area contributed by atoms with Crippen LogP contribution in [0.3, 0.4) is 0 Å². The van der Waals surface area contributed by atoms with E-state index in [1.165, 1.54) is 23.4 Å². The number of carbonyl (C=O) groups is 4. The summed E-state index contributed by atoms with van der Waals surface area (Å²) in [5.41, 5.74) is -0.538. The molecule has 5 atom stereocenters. The van der Waals surface area contributed by atoms with E-state index in [9.17, 15) is 27.6 Å². The molecule has 3 N–H and O–H groups in total. The number of para-hydroxylation sites is 1. The van der Waals surface area contributed by atoms with Crippen LogP contribution < -0.4 is 20.1 Å². The summed E-state index contributed by atoms with van der Waals surface area (Å²) in [6.07, 6.45) is 10.3. The maximum atomic E-state index is 14.6. The van der Waals surface area contributed by atoms with Gasteiger partial charge in [-0.25, -0.2) is 13.4 Å².